The number of anilines is 1. The number of nitrogens with one attached hydrogen (secondary N) is 3. The second kappa shape index (κ2) is 10.9. The molecule has 31 heavy (non-hydrogen) atoms. The van der Waals surface area contributed by atoms with E-state index in [2.05, 4.69) is 16.0 Å². The molecule has 3 rings (SSSR count). The van der Waals surface area contributed by atoms with Crippen LogP contribution < -0.4 is 20.7 Å². The van der Waals surface area contributed by atoms with Crippen LogP contribution in [-0.2, 0) is 6.54 Å². The minimum absolute atomic E-state index is 0.160. The van der Waals surface area contributed by atoms with E-state index in [1.165, 1.54) is 0 Å². The van der Waals surface area contributed by atoms with Gasteiger partial charge in [-0.15, -0.1) is 0 Å². The summed E-state index contributed by atoms with van der Waals surface area (Å²) in [4.78, 5) is 24.7. The van der Waals surface area contributed by atoms with Gasteiger partial charge in [0.2, 0.25) is 0 Å². The molecule has 0 aliphatic carbocycles. The molecule has 6 nitrogen and oxygen atoms in total. The van der Waals surface area contributed by atoms with Crippen LogP contribution >= 0.6 is 12.2 Å². The first-order valence-electron chi connectivity index (χ1n) is 9.82. The highest BCUT2D eigenvalue weighted by molar-refractivity contribution is 7.80. The highest BCUT2D eigenvalue weighted by Gasteiger charge is 2.10. The SMILES string of the molecule is CCOc1cccc(C(=O)NC(=S)Nc2ccc(C(=O)NCc3ccccc3)cc2)c1. The Balaban J connectivity index is 1.52. The van der Waals surface area contributed by atoms with Crippen LogP contribution in [0.4, 0.5) is 5.69 Å². The van der Waals surface area contributed by atoms with Crippen molar-refractivity contribution in [1.29, 1.82) is 0 Å². The first-order chi connectivity index (χ1) is 15.0. The smallest absolute Gasteiger partial charge is 0.257 e. The molecule has 0 saturated carbocycles. The summed E-state index contributed by atoms with van der Waals surface area (Å²) in [7, 11) is 0. The van der Waals surface area contributed by atoms with E-state index in [1.807, 2.05) is 37.3 Å². The van der Waals surface area contributed by atoms with Crippen LogP contribution in [0.1, 0.15) is 33.2 Å². The van der Waals surface area contributed by atoms with Gasteiger partial charge in [0, 0.05) is 23.4 Å². The summed E-state index contributed by atoms with van der Waals surface area (Å²) in [5, 5.41) is 8.62. The second-order valence-electron chi connectivity index (χ2n) is 6.61. The van der Waals surface area contributed by atoms with Gasteiger partial charge in [0.05, 0.1) is 6.61 Å². The monoisotopic (exact) mass is 433 g/mol. The third kappa shape index (κ3) is 6.65. The molecule has 3 N–H and O–H groups in total. The summed E-state index contributed by atoms with van der Waals surface area (Å²) in [5.74, 6) is 0.117. The van der Waals surface area contributed by atoms with E-state index in [9.17, 15) is 9.59 Å². The van der Waals surface area contributed by atoms with Gasteiger partial charge in [-0.05, 0) is 67.2 Å². The Labute approximate surface area is 186 Å². The quantitative estimate of drug-likeness (QED) is 0.488. The van der Waals surface area contributed by atoms with E-state index < -0.39 is 0 Å². The number of thiocarbonyl (C=S) groups is 1. The number of carbonyl (C=O) groups excluding carboxylic acids is 2. The van der Waals surface area contributed by atoms with Crippen molar-refractivity contribution in [1.82, 2.24) is 10.6 Å². The van der Waals surface area contributed by atoms with Crippen molar-refractivity contribution in [2.75, 3.05) is 11.9 Å². The first kappa shape index (κ1) is 22.0. The van der Waals surface area contributed by atoms with Crippen LogP contribution in [0.2, 0.25) is 0 Å². The third-order valence-electron chi connectivity index (χ3n) is 4.34. The van der Waals surface area contributed by atoms with Crippen LogP contribution in [0, 0.1) is 0 Å². The fraction of sp³-hybridized carbons (Fsp3) is 0.125. The van der Waals surface area contributed by atoms with Crippen LogP contribution in [-0.4, -0.2) is 23.5 Å². The highest BCUT2D eigenvalue weighted by atomic mass is 32.1. The summed E-state index contributed by atoms with van der Waals surface area (Å²) in [5.41, 5.74) is 2.67. The lowest BCUT2D eigenvalue weighted by Crippen LogP contribution is -2.34. The lowest BCUT2D eigenvalue weighted by Gasteiger charge is -2.11. The predicted molar refractivity (Wildman–Crippen MR) is 125 cm³/mol. The Bertz CT molecular complexity index is 1050. The van der Waals surface area contributed by atoms with E-state index in [4.69, 9.17) is 17.0 Å². The zero-order valence-corrected chi connectivity index (χ0v) is 17.9. The number of hydrogen-bond acceptors (Lipinski definition) is 4. The Morgan fingerprint density at radius 1 is 0.871 bits per heavy atom. The maximum Gasteiger partial charge on any atom is 0.257 e. The van der Waals surface area contributed by atoms with Crippen molar-refractivity contribution in [3.05, 3.63) is 95.6 Å². The molecule has 0 spiro atoms. The standard InChI is InChI=1S/C24H23N3O3S/c1-2-30-21-10-6-9-19(15-21)23(29)27-24(31)26-20-13-11-18(12-14-20)22(28)25-16-17-7-4-3-5-8-17/h3-15H,2,16H2,1H3,(H,25,28)(H2,26,27,29,31). The normalized spacial score (nSPS) is 10.1. The van der Waals surface area contributed by atoms with Gasteiger partial charge in [-0.1, -0.05) is 36.4 Å². The lowest BCUT2D eigenvalue weighted by molar-refractivity contribution is 0.0948. The lowest BCUT2D eigenvalue weighted by atomic mass is 10.1. The molecule has 0 fully saturated rings. The molecule has 7 heteroatoms. The summed E-state index contributed by atoms with van der Waals surface area (Å²) < 4.78 is 5.41. The molecular formula is C24H23N3O3S. The van der Waals surface area contributed by atoms with E-state index in [0.717, 1.165) is 5.56 Å². The zero-order chi connectivity index (χ0) is 22.1. The molecule has 0 aliphatic heterocycles. The minimum atomic E-state index is -0.337. The molecular weight excluding hydrogens is 410 g/mol. The van der Waals surface area contributed by atoms with Crippen LogP contribution in [0.3, 0.4) is 0 Å². The Morgan fingerprint density at radius 2 is 1.61 bits per heavy atom. The molecule has 0 aromatic heterocycles. The second-order valence-corrected chi connectivity index (χ2v) is 7.02. The van der Waals surface area contributed by atoms with Crippen molar-refractivity contribution in [3.63, 3.8) is 0 Å². The van der Waals surface area contributed by atoms with Crippen LogP contribution in [0.15, 0.2) is 78.9 Å². The number of rotatable bonds is 7. The average Bonchev–Trinajstić information content (AvgIpc) is 2.79. The molecule has 0 bridgehead atoms. The predicted octanol–water partition coefficient (Wildman–Crippen LogP) is 4.14. The van der Waals surface area contributed by atoms with E-state index in [1.54, 1.807) is 48.5 Å². The van der Waals surface area contributed by atoms with Crippen molar-refractivity contribution in [3.8, 4) is 5.75 Å². The van der Waals surface area contributed by atoms with Gasteiger partial charge in [0.15, 0.2) is 5.11 Å². The number of ether oxygens (including phenoxy) is 1. The van der Waals surface area contributed by atoms with Gasteiger partial charge in [0.1, 0.15) is 5.75 Å². The van der Waals surface area contributed by atoms with E-state index in [0.29, 0.717) is 35.7 Å². The van der Waals surface area contributed by atoms with Gasteiger partial charge >= 0.3 is 0 Å². The molecule has 2 amide bonds. The molecule has 0 atom stereocenters. The maximum absolute atomic E-state index is 12.4. The Morgan fingerprint density at radius 3 is 2.32 bits per heavy atom. The van der Waals surface area contributed by atoms with Crippen molar-refractivity contribution in [2.45, 2.75) is 13.5 Å². The topological polar surface area (TPSA) is 79.5 Å². The fourth-order valence-electron chi connectivity index (χ4n) is 2.82. The number of benzene rings is 3. The average molecular weight is 434 g/mol. The highest BCUT2D eigenvalue weighted by Crippen LogP contribution is 2.14. The Hall–Kier alpha value is -3.71. The summed E-state index contributed by atoms with van der Waals surface area (Å²) in [6.07, 6.45) is 0. The van der Waals surface area contributed by atoms with Gasteiger partial charge in [-0.3, -0.25) is 14.9 Å². The minimum Gasteiger partial charge on any atom is -0.494 e. The van der Waals surface area contributed by atoms with Crippen molar-refractivity contribution >= 4 is 34.8 Å². The summed E-state index contributed by atoms with van der Waals surface area (Å²) in [6.45, 7) is 2.86. The largest absolute Gasteiger partial charge is 0.494 e. The van der Waals surface area contributed by atoms with Gasteiger partial charge in [0.25, 0.3) is 11.8 Å². The van der Waals surface area contributed by atoms with E-state index >= 15 is 0 Å². The molecule has 3 aromatic rings. The Kier molecular flexibility index (Phi) is 7.73. The summed E-state index contributed by atoms with van der Waals surface area (Å²) in [6, 6.07) is 23.4. The third-order valence-corrected chi connectivity index (χ3v) is 4.54. The molecule has 0 heterocycles. The van der Waals surface area contributed by atoms with Crippen LogP contribution in [0.5, 0.6) is 5.75 Å². The molecule has 0 radical (unpaired) electrons. The molecule has 0 aliphatic rings. The number of amides is 2. The first-order valence-corrected chi connectivity index (χ1v) is 10.2. The number of hydrogen-bond donors (Lipinski definition) is 3. The fourth-order valence-corrected chi connectivity index (χ4v) is 3.03. The van der Waals surface area contributed by atoms with Gasteiger partial charge in [-0.2, -0.15) is 0 Å². The van der Waals surface area contributed by atoms with Crippen molar-refractivity contribution in [2.24, 2.45) is 0 Å². The maximum atomic E-state index is 12.4. The number of carbonyl (C=O) groups is 2. The zero-order valence-electron chi connectivity index (χ0n) is 17.1. The summed E-state index contributed by atoms with van der Waals surface area (Å²) >= 11 is 5.22. The molecule has 3 aromatic carbocycles. The molecule has 0 saturated heterocycles. The van der Waals surface area contributed by atoms with Gasteiger partial charge < -0.3 is 15.4 Å². The molecule has 158 valence electrons. The van der Waals surface area contributed by atoms with Crippen LogP contribution in [0.25, 0.3) is 0 Å². The van der Waals surface area contributed by atoms with Crippen molar-refractivity contribution < 1.29 is 14.3 Å². The van der Waals surface area contributed by atoms with E-state index in [-0.39, 0.29) is 16.9 Å². The van der Waals surface area contributed by atoms with Gasteiger partial charge in [-0.25, -0.2) is 0 Å². The molecule has 0 unspecified atom stereocenters.